The minimum Gasteiger partial charge on any atom is -0.357 e. The topological polar surface area (TPSA) is 45.2 Å². The number of aromatic nitrogens is 1. The van der Waals surface area contributed by atoms with Crippen molar-refractivity contribution in [2.75, 3.05) is 23.3 Å². The van der Waals surface area contributed by atoms with Gasteiger partial charge in [0, 0.05) is 13.1 Å². The summed E-state index contributed by atoms with van der Waals surface area (Å²) in [7, 11) is 0. The molecule has 0 fully saturated rings. The molecule has 1 heterocycles. The molecule has 1 rings (SSSR count). The fraction of sp³-hybridized carbons (Fsp3) is 0.333. The molecule has 1 aromatic rings. The van der Waals surface area contributed by atoms with Gasteiger partial charge in [-0.05, 0) is 32.1 Å². The average molecular weight is 219 g/mol. The lowest BCUT2D eigenvalue weighted by molar-refractivity contribution is -0.111. The second kappa shape index (κ2) is 5.90. The van der Waals surface area contributed by atoms with E-state index in [1.165, 1.54) is 6.08 Å². The summed E-state index contributed by atoms with van der Waals surface area (Å²) >= 11 is 0. The number of hydrogen-bond acceptors (Lipinski definition) is 3. The molecule has 0 bridgehead atoms. The largest absolute Gasteiger partial charge is 0.357 e. The SMILES string of the molecule is C=CC(=O)Nc1ccc(N(CC)CC)nc1. The van der Waals surface area contributed by atoms with Gasteiger partial charge in [-0.2, -0.15) is 0 Å². The van der Waals surface area contributed by atoms with E-state index in [-0.39, 0.29) is 5.91 Å². The van der Waals surface area contributed by atoms with Gasteiger partial charge in [0.25, 0.3) is 0 Å². The zero-order valence-electron chi connectivity index (χ0n) is 9.73. The van der Waals surface area contributed by atoms with E-state index in [4.69, 9.17) is 0 Å². The lowest BCUT2D eigenvalue weighted by atomic mass is 10.3. The highest BCUT2D eigenvalue weighted by atomic mass is 16.1. The fourth-order valence-electron chi connectivity index (χ4n) is 1.39. The molecule has 0 spiro atoms. The molecule has 4 nitrogen and oxygen atoms in total. The van der Waals surface area contributed by atoms with Gasteiger partial charge in [-0.25, -0.2) is 4.98 Å². The Morgan fingerprint density at radius 2 is 2.19 bits per heavy atom. The van der Waals surface area contributed by atoms with Crippen LogP contribution in [0, 0.1) is 0 Å². The van der Waals surface area contributed by atoms with Crippen LogP contribution in [0.3, 0.4) is 0 Å². The van der Waals surface area contributed by atoms with Crippen LogP contribution < -0.4 is 10.2 Å². The first-order valence-electron chi connectivity index (χ1n) is 5.35. The molecule has 0 aliphatic carbocycles. The molecule has 0 saturated heterocycles. The molecule has 86 valence electrons. The van der Waals surface area contributed by atoms with E-state index in [0.29, 0.717) is 5.69 Å². The van der Waals surface area contributed by atoms with Gasteiger partial charge in [-0.15, -0.1) is 0 Å². The number of nitrogens with zero attached hydrogens (tertiary/aromatic N) is 2. The minimum atomic E-state index is -0.225. The van der Waals surface area contributed by atoms with Crippen LogP contribution in [0.5, 0.6) is 0 Å². The number of rotatable bonds is 5. The number of nitrogens with one attached hydrogen (secondary N) is 1. The number of carbonyl (C=O) groups excluding carboxylic acids is 1. The summed E-state index contributed by atoms with van der Waals surface area (Å²) in [6, 6.07) is 3.73. The monoisotopic (exact) mass is 219 g/mol. The van der Waals surface area contributed by atoms with Crippen molar-refractivity contribution < 1.29 is 4.79 Å². The van der Waals surface area contributed by atoms with Gasteiger partial charge in [-0.3, -0.25) is 4.79 Å². The van der Waals surface area contributed by atoms with Crippen molar-refractivity contribution in [2.45, 2.75) is 13.8 Å². The lowest BCUT2D eigenvalue weighted by Gasteiger charge is -2.19. The molecule has 0 unspecified atom stereocenters. The molecule has 0 aromatic carbocycles. The van der Waals surface area contributed by atoms with Crippen LogP contribution in [0.25, 0.3) is 0 Å². The quantitative estimate of drug-likeness (QED) is 0.771. The highest BCUT2D eigenvalue weighted by Crippen LogP contribution is 2.13. The van der Waals surface area contributed by atoms with E-state index in [2.05, 4.69) is 35.6 Å². The molecule has 1 amide bonds. The molecular weight excluding hydrogens is 202 g/mol. The third-order valence-corrected chi connectivity index (χ3v) is 2.29. The smallest absolute Gasteiger partial charge is 0.247 e. The molecule has 0 aliphatic heterocycles. The Morgan fingerprint density at radius 3 is 2.62 bits per heavy atom. The van der Waals surface area contributed by atoms with Crippen LogP contribution in [-0.2, 0) is 4.79 Å². The molecule has 0 radical (unpaired) electrons. The third-order valence-electron chi connectivity index (χ3n) is 2.29. The molecule has 1 N–H and O–H groups in total. The van der Waals surface area contributed by atoms with Crippen LogP contribution in [0.2, 0.25) is 0 Å². The van der Waals surface area contributed by atoms with Crippen molar-refractivity contribution in [1.82, 2.24) is 4.98 Å². The van der Waals surface area contributed by atoms with Gasteiger partial charge in [0.1, 0.15) is 5.82 Å². The highest BCUT2D eigenvalue weighted by Gasteiger charge is 2.03. The number of hydrogen-bond donors (Lipinski definition) is 1. The van der Waals surface area contributed by atoms with Crippen molar-refractivity contribution in [1.29, 1.82) is 0 Å². The Hall–Kier alpha value is -1.84. The summed E-state index contributed by atoms with van der Waals surface area (Å²) in [5, 5.41) is 2.66. The summed E-state index contributed by atoms with van der Waals surface area (Å²) in [4.78, 5) is 17.5. The minimum absolute atomic E-state index is 0.225. The molecule has 16 heavy (non-hydrogen) atoms. The Labute approximate surface area is 96.0 Å². The van der Waals surface area contributed by atoms with E-state index in [0.717, 1.165) is 18.9 Å². The Bertz CT molecular complexity index is 355. The summed E-state index contributed by atoms with van der Waals surface area (Å²) < 4.78 is 0. The van der Waals surface area contributed by atoms with Gasteiger partial charge >= 0.3 is 0 Å². The van der Waals surface area contributed by atoms with Crippen LogP contribution in [-0.4, -0.2) is 24.0 Å². The van der Waals surface area contributed by atoms with E-state index in [1.54, 1.807) is 6.20 Å². The van der Waals surface area contributed by atoms with Gasteiger partial charge in [0.05, 0.1) is 11.9 Å². The summed E-state index contributed by atoms with van der Waals surface area (Å²) in [6.45, 7) is 9.39. The summed E-state index contributed by atoms with van der Waals surface area (Å²) in [5.41, 5.74) is 0.681. The maximum Gasteiger partial charge on any atom is 0.247 e. The van der Waals surface area contributed by atoms with Gasteiger partial charge in [-0.1, -0.05) is 6.58 Å². The molecular formula is C12H17N3O. The van der Waals surface area contributed by atoms with E-state index < -0.39 is 0 Å². The zero-order valence-corrected chi connectivity index (χ0v) is 9.73. The Morgan fingerprint density at radius 1 is 1.50 bits per heavy atom. The van der Waals surface area contributed by atoms with E-state index in [9.17, 15) is 4.79 Å². The predicted molar refractivity (Wildman–Crippen MR) is 66.6 cm³/mol. The van der Waals surface area contributed by atoms with Crippen molar-refractivity contribution in [3.63, 3.8) is 0 Å². The Kier molecular flexibility index (Phi) is 4.51. The lowest BCUT2D eigenvalue weighted by Crippen LogP contribution is -2.22. The maximum atomic E-state index is 11.0. The first kappa shape index (κ1) is 12.2. The Balaban J connectivity index is 2.74. The van der Waals surface area contributed by atoms with Crippen LogP contribution >= 0.6 is 0 Å². The first-order valence-corrected chi connectivity index (χ1v) is 5.35. The molecule has 4 heteroatoms. The molecule has 0 saturated carbocycles. The zero-order chi connectivity index (χ0) is 12.0. The van der Waals surface area contributed by atoms with Gasteiger partial charge in [0.15, 0.2) is 0 Å². The molecule has 0 atom stereocenters. The van der Waals surface area contributed by atoms with Crippen LogP contribution in [0.4, 0.5) is 11.5 Å². The maximum absolute atomic E-state index is 11.0. The number of pyridine rings is 1. The van der Waals surface area contributed by atoms with Crippen LogP contribution in [0.1, 0.15) is 13.8 Å². The standard InChI is InChI=1S/C12H17N3O/c1-4-12(16)14-10-7-8-11(13-9-10)15(5-2)6-3/h4,7-9H,1,5-6H2,2-3H3,(H,14,16). The van der Waals surface area contributed by atoms with E-state index in [1.807, 2.05) is 12.1 Å². The van der Waals surface area contributed by atoms with Crippen molar-refractivity contribution in [3.05, 3.63) is 31.0 Å². The third kappa shape index (κ3) is 3.08. The van der Waals surface area contributed by atoms with Crippen molar-refractivity contribution in [3.8, 4) is 0 Å². The summed E-state index contributed by atoms with van der Waals surface area (Å²) in [6.07, 6.45) is 2.88. The average Bonchev–Trinajstić information content (AvgIpc) is 2.32. The fourth-order valence-corrected chi connectivity index (χ4v) is 1.39. The molecule has 0 aliphatic rings. The second-order valence-electron chi connectivity index (χ2n) is 3.27. The van der Waals surface area contributed by atoms with Crippen molar-refractivity contribution in [2.24, 2.45) is 0 Å². The highest BCUT2D eigenvalue weighted by molar-refractivity contribution is 5.98. The van der Waals surface area contributed by atoms with Crippen molar-refractivity contribution >= 4 is 17.4 Å². The normalized spacial score (nSPS) is 9.62. The van der Waals surface area contributed by atoms with Gasteiger partial charge < -0.3 is 10.2 Å². The number of carbonyl (C=O) groups is 1. The molecule has 1 aromatic heterocycles. The summed E-state index contributed by atoms with van der Waals surface area (Å²) in [5.74, 6) is 0.694. The number of amides is 1. The number of anilines is 2. The van der Waals surface area contributed by atoms with Crippen LogP contribution in [0.15, 0.2) is 31.0 Å². The second-order valence-corrected chi connectivity index (χ2v) is 3.27. The van der Waals surface area contributed by atoms with E-state index >= 15 is 0 Å². The first-order chi connectivity index (χ1) is 7.71. The van der Waals surface area contributed by atoms with Gasteiger partial charge in [0.2, 0.25) is 5.91 Å². The predicted octanol–water partition coefficient (Wildman–Crippen LogP) is 2.05.